The van der Waals surface area contributed by atoms with Crippen molar-refractivity contribution in [3.8, 4) is 11.5 Å². The molecule has 1 N–H and O–H groups in total. The van der Waals surface area contributed by atoms with Crippen LogP contribution in [0.15, 0.2) is 40.9 Å². The van der Waals surface area contributed by atoms with Crippen LogP contribution in [-0.4, -0.2) is 7.05 Å². The fourth-order valence-corrected chi connectivity index (χ4v) is 2.06. The van der Waals surface area contributed by atoms with Gasteiger partial charge in [0.15, 0.2) is 11.6 Å². The Kier molecular flexibility index (Phi) is 4.73. The lowest BCUT2D eigenvalue weighted by Crippen LogP contribution is -2.12. The van der Waals surface area contributed by atoms with E-state index in [0.717, 1.165) is 5.56 Å². The van der Waals surface area contributed by atoms with Crippen molar-refractivity contribution in [3.63, 3.8) is 0 Å². The fraction of sp³-hybridized carbons (Fsp3) is 0.200. The van der Waals surface area contributed by atoms with Gasteiger partial charge in [0.1, 0.15) is 11.6 Å². The van der Waals surface area contributed by atoms with E-state index in [2.05, 4.69) is 21.2 Å². The van der Waals surface area contributed by atoms with Gasteiger partial charge in [-0.15, -0.1) is 0 Å². The van der Waals surface area contributed by atoms with Gasteiger partial charge >= 0.3 is 0 Å². The van der Waals surface area contributed by atoms with Crippen LogP contribution in [0.25, 0.3) is 0 Å². The molecule has 2 nitrogen and oxygen atoms in total. The monoisotopic (exact) mass is 341 g/mol. The Bertz CT molecular complexity index is 619. The molecule has 1 atom stereocenters. The van der Waals surface area contributed by atoms with E-state index >= 15 is 0 Å². The van der Waals surface area contributed by atoms with Crippen molar-refractivity contribution in [2.75, 3.05) is 7.05 Å². The van der Waals surface area contributed by atoms with E-state index in [9.17, 15) is 8.78 Å². The molecule has 0 aliphatic rings. The molecule has 0 aliphatic carbocycles. The molecule has 106 valence electrons. The van der Waals surface area contributed by atoms with E-state index in [0.29, 0.717) is 5.75 Å². The van der Waals surface area contributed by atoms with Crippen LogP contribution in [0.1, 0.15) is 18.5 Å². The SMILES string of the molecule is CNC(C)c1ccc(Oc2ccc(F)c(Br)c2)c(F)c1. The maximum atomic E-state index is 14.0. The Morgan fingerprint density at radius 2 is 1.85 bits per heavy atom. The average molecular weight is 342 g/mol. The van der Waals surface area contributed by atoms with Gasteiger partial charge in [-0.05, 0) is 65.8 Å². The van der Waals surface area contributed by atoms with E-state index in [-0.39, 0.29) is 16.3 Å². The Labute approximate surface area is 124 Å². The quantitative estimate of drug-likeness (QED) is 0.862. The first-order valence-corrected chi connectivity index (χ1v) is 6.90. The molecule has 5 heteroatoms. The second-order valence-corrected chi connectivity index (χ2v) is 5.23. The summed E-state index contributed by atoms with van der Waals surface area (Å²) in [6.07, 6.45) is 0. The van der Waals surface area contributed by atoms with Crippen molar-refractivity contribution in [1.82, 2.24) is 5.32 Å². The molecule has 0 heterocycles. The van der Waals surface area contributed by atoms with Gasteiger partial charge in [-0.25, -0.2) is 8.78 Å². The van der Waals surface area contributed by atoms with Crippen LogP contribution in [0, 0.1) is 11.6 Å². The van der Waals surface area contributed by atoms with Crippen LogP contribution >= 0.6 is 15.9 Å². The Balaban J connectivity index is 2.23. The summed E-state index contributed by atoms with van der Waals surface area (Å²) < 4.78 is 32.8. The average Bonchev–Trinajstić information content (AvgIpc) is 2.44. The van der Waals surface area contributed by atoms with Gasteiger partial charge in [0, 0.05) is 6.04 Å². The van der Waals surface area contributed by atoms with Gasteiger partial charge in [-0.2, -0.15) is 0 Å². The lowest BCUT2D eigenvalue weighted by atomic mass is 10.1. The zero-order valence-electron chi connectivity index (χ0n) is 11.1. The molecule has 0 saturated heterocycles. The minimum absolute atomic E-state index is 0.0542. The van der Waals surface area contributed by atoms with Gasteiger partial charge in [-0.1, -0.05) is 6.07 Å². The summed E-state index contributed by atoms with van der Waals surface area (Å²) in [5.74, 6) is -0.372. The zero-order chi connectivity index (χ0) is 14.7. The summed E-state index contributed by atoms with van der Waals surface area (Å²) in [5.41, 5.74) is 0.831. The van der Waals surface area contributed by atoms with Crippen molar-refractivity contribution in [2.45, 2.75) is 13.0 Å². The summed E-state index contributed by atoms with van der Waals surface area (Å²) in [6.45, 7) is 1.94. The van der Waals surface area contributed by atoms with Crippen molar-refractivity contribution >= 4 is 15.9 Å². The van der Waals surface area contributed by atoms with E-state index in [1.807, 2.05) is 14.0 Å². The number of halogens is 3. The standard InChI is InChI=1S/C15H14BrF2NO/c1-9(19-2)10-3-6-15(14(18)7-10)20-11-4-5-13(17)12(16)8-11/h3-9,19H,1-2H3. The number of ether oxygens (including phenoxy) is 1. The van der Waals surface area contributed by atoms with Crippen molar-refractivity contribution in [3.05, 3.63) is 58.1 Å². The molecular weight excluding hydrogens is 328 g/mol. The predicted octanol–water partition coefficient (Wildman–Crippen LogP) is 4.80. The molecule has 20 heavy (non-hydrogen) atoms. The highest BCUT2D eigenvalue weighted by atomic mass is 79.9. The lowest BCUT2D eigenvalue weighted by Gasteiger charge is -2.13. The third-order valence-corrected chi connectivity index (χ3v) is 3.62. The highest BCUT2D eigenvalue weighted by Gasteiger charge is 2.10. The van der Waals surface area contributed by atoms with Gasteiger partial charge in [0.2, 0.25) is 0 Å². The molecule has 0 fully saturated rings. The normalized spacial score (nSPS) is 12.2. The number of hydrogen-bond acceptors (Lipinski definition) is 2. The number of hydrogen-bond donors (Lipinski definition) is 1. The van der Waals surface area contributed by atoms with Crippen molar-refractivity contribution in [1.29, 1.82) is 0 Å². The van der Waals surface area contributed by atoms with E-state index in [1.54, 1.807) is 12.1 Å². The molecule has 0 radical (unpaired) electrons. The molecule has 2 aromatic rings. The molecule has 1 unspecified atom stereocenters. The summed E-state index contributed by atoms with van der Waals surface area (Å²) in [5, 5.41) is 3.04. The lowest BCUT2D eigenvalue weighted by molar-refractivity contribution is 0.439. The van der Waals surface area contributed by atoms with Crippen LogP contribution in [-0.2, 0) is 0 Å². The van der Waals surface area contributed by atoms with Gasteiger partial charge < -0.3 is 10.1 Å². The molecule has 0 saturated carbocycles. The number of nitrogens with one attached hydrogen (secondary N) is 1. The zero-order valence-corrected chi connectivity index (χ0v) is 12.7. The second-order valence-electron chi connectivity index (χ2n) is 4.38. The third kappa shape index (κ3) is 3.35. The molecular formula is C15H14BrF2NO. The number of benzene rings is 2. The van der Waals surface area contributed by atoms with E-state index in [1.165, 1.54) is 24.3 Å². The van der Waals surface area contributed by atoms with Crippen LogP contribution in [0.3, 0.4) is 0 Å². The highest BCUT2D eigenvalue weighted by molar-refractivity contribution is 9.10. The third-order valence-electron chi connectivity index (χ3n) is 3.01. The minimum Gasteiger partial charge on any atom is -0.454 e. The summed E-state index contributed by atoms with van der Waals surface area (Å²) in [6, 6.07) is 9.00. The summed E-state index contributed by atoms with van der Waals surface area (Å²) >= 11 is 3.06. The summed E-state index contributed by atoms with van der Waals surface area (Å²) in [7, 11) is 1.81. The molecule has 2 rings (SSSR count). The Morgan fingerprint density at radius 3 is 2.45 bits per heavy atom. The van der Waals surface area contributed by atoms with Crippen molar-refractivity contribution < 1.29 is 13.5 Å². The van der Waals surface area contributed by atoms with Gasteiger partial charge in [0.05, 0.1) is 4.47 Å². The maximum Gasteiger partial charge on any atom is 0.166 e. The highest BCUT2D eigenvalue weighted by Crippen LogP contribution is 2.29. The van der Waals surface area contributed by atoms with Crippen LogP contribution < -0.4 is 10.1 Å². The van der Waals surface area contributed by atoms with Crippen molar-refractivity contribution in [2.24, 2.45) is 0 Å². The molecule has 2 aromatic carbocycles. The van der Waals surface area contributed by atoms with Gasteiger partial charge in [0.25, 0.3) is 0 Å². The molecule has 0 amide bonds. The van der Waals surface area contributed by atoms with Gasteiger partial charge in [-0.3, -0.25) is 0 Å². The maximum absolute atomic E-state index is 14.0. The largest absolute Gasteiger partial charge is 0.454 e. The Hall–Kier alpha value is -1.46. The molecule has 0 aromatic heterocycles. The Morgan fingerprint density at radius 1 is 1.10 bits per heavy atom. The fourth-order valence-electron chi connectivity index (χ4n) is 1.70. The number of rotatable bonds is 4. The topological polar surface area (TPSA) is 21.3 Å². The molecule has 0 spiro atoms. The minimum atomic E-state index is -0.454. The second kappa shape index (κ2) is 6.33. The van der Waals surface area contributed by atoms with E-state index in [4.69, 9.17) is 4.74 Å². The predicted molar refractivity (Wildman–Crippen MR) is 78.0 cm³/mol. The van der Waals surface area contributed by atoms with Crippen LogP contribution in [0.2, 0.25) is 0 Å². The first-order chi connectivity index (χ1) is 9.51. The summed E-state index contributed by atoms with van der Waals surface area (Å²) in [4.78, 5) is 0. The molecule has 0 bridgehead atoms. The molecule has 0 aliphatic heterocycles. The first kappa shape index (κ1) is 14.9. The first-order valence-electron chi connectivity index (χ1n) is 6.11. The van der Waals surface area contributed by atoms with Crippen LogP contribution in [0.5, 0.6) is 11.5 Å². The van der Waals surface area contributed by atoms with E-state index < -0.39 is 11.6 Å². The van der Waals surface area contributed by atoms with Crippen LogP contribution in [0.4, 0.5) is 8.78 Å². The smallest absolute Gasteiger partial charge is 0.166 e.